The lowest BCUT2D eigenvalue weighted by Gasteiger charge is -2.10. The van der Waals surface area contributed by atoms with E-state index in [4.69, 9.17) is 5.11 Å². The fourth-order valence-corrected chi connectivity index (χ4v) is 0.861. The molecule has 0 aliphatic carbocycles. The van der Waals surface area contributed by atoms with Gasteiger partial charge >= 0.3 is 0 Å². The van der Waals surface area contributed by atoms with Gasteiger partial charge in [-0.2, -0.15) is 0 Å². The molecule has 13 heavy (non-hydrogen) atoms. The van der Waals surface area contributed by atoms with Crippen molar-refractivity contribution in [3.63, 3.8) is 0 Å². The second-order valence-electron chi connectivity index (χ2n) is 4.02. The smallest absolute Gasteiger partial charge is 0.220 e. The third kappa shape index (κ3) is 7.78. The minimum Gasteiger partial charge on any atom is -0.396 e. The quantitative estimate of drug-likeness (QED) is 0.655. The van der Waals surface area contributed by atoms with Crippen LogP contribution in [0.15, 0.2) is 0 Å². The Morgan fingerprint density at radius 1 is 1.38 bits per heavy atom. The molecule has 1 atom stereocenters. The van der Waals surface area contributed by atoms with Gasteiger partial charge in [0.05, 0.1) is 0 Å². The fourth-order valence-electron chi connectivity index (χ4n) is 0.861. The van der Waals surface area contributed by atoms with Crippen molar-refractivity contribution in [3.8, 4) is 0 Å². The lowest BCUT2D eigenvalue weighted by Crippen LogP contribution is -2.29. The van der Waals surface area contributed by atoms with Gasteiger partial charge in [-0.1, -0.05) is 20.8 Å². The van der Waals surface area contributed by atoms with Crippen LogP contribution in [0.25, 0.3) is 0 Å². The monoisotopic (exact) mass is 187 g/mol. The van der Waals surface area contributed by atoms with Crippen molar-refractivity contribution in [1.82, 2.24) is 5.32 Å². The highest BCUT2D eigenvalue weighted by molar-refractivity contribution is 5.75. The zero-order valence-corrected chi connectivity index (χ0v) is 8.84. The van der Waals surface area contributed by atoms with Crippen LogP contribution in [0, 0.1) is 11.8 Å². The van der Waals surface area contributed by atoms with E-state index in [1.54, 1.807) is 0 Å². The van der Waals surface area contributed by atoms with E-state index in [2.05, 4.69) is 19.2 Å². The van der Waals surface area contributed by atoms with Gasteiger partial charge in [-0.05, 0) is 18.3 Å². The van der Waals surface area contributed by atoms with Crippen LogP contribution < -0.4 is 5.32 Å². The van der Waals surface area contributed by atoms with Gasteiger partial charge in [-0.3, -0.25) is 4.79 Å². The van der Waals surface area contributed by atoms with Gasteiger partial charge in [0.2, 0.25) is 5.91 Å². The summed E-state index contributed by atoms with van der Waals surface area (Å²) in [4.78, 5) is 11.2. The van der Waals surface area contributed by atoms with Crippen LogP contribution in [0.3, 0.4) is 0 Å². The van der Waals surface area contributed by atoms with Crippen LogP contribution in [-0.2, 0) is 4.79 Å². The van der Waals surface area contributed by atoms with Crippen molar-refractivity contribution < 1.29 is 9.90 Å². The molecule has 0 aromatic rings. The Balaban J connectivity index is 3.40. The molecule has 1 unspecified atom stereocenters. The van der Waals surface area contributed by atoms with Crippen LogP contribution in [0.4, 0.5) is 0 Å². The molecule has 0 fully saturated rings. The maximum Gasteiger partial charge on any atom is 0.220 e. The number of hydrogen-bond acceptors (Lipinski definition) is 2. The molecule has 0 rings (SSSR count). The molecule has 0 heterocycles. The summed E-state index contributed by atoms with van der Waals surface area (Å²) in [6.07, 6.45) is 1.52. The van der Waals surface area contributed by atoms with E-state index in [9.17, 15) is 4.79 Å². The third-order valence-corrected chi connectivity index (χ3v) is 1.91. The first kappa shape index (κ1) is 12.4. The van der Waals surface area contributed by atoms with E-state index < -0.39 is 0 Å². The molecule has 3 nitrogen and oxygen atoms in total. The summed E-state index contributed by atoms with van der Waals surface area (Å²) >= 11 is 0. The van der Waals surface area contributed by atoms with Gasteiger partial charge in [0, 0.05) is 19.6 Å². The van der Waals surface area contributed by atoms with Crippen LogP contribution in [0.5, 0.6) is 0 Å². The molecule has 0 bridgehead atoms. The van der Waals surface area contributed by atoms with E-state index in [-0.39, 0.29) is 18.4 Å². The van der Waals surface area contributed by atoms with E-state index in [1.165, 1.54) is 0 Å². The summed E-state index contributed by atoms with van der Waals surface area (Å²) in [7, 11) is 0. The van der Waals surface area contributed by atoms with Crippen molar-refractivity contribution in [2.24, 2.45) is 11.8 Å². The first-order valence-corrected chi connectivity index (χ1v) is 4.93. The Hall–Kier alpha value is -0.570. The van der Waals surface area contributed by atoms with Crippen molar-refractivity contribution in [3.05, 3.63) is 0 Å². The molecule has 3 heteroatoms. The van der Waals surface area contributed by atoms with Gasteiger partial charge in [-0.25, -0.2) is 0 Å². The summed E-state index contributed by atoms with van der Waals surface area (Å²) < 4.78 is 0. The summed E-state index contributed by atoms with van der Waals surface area (Å²) in [5.74, 6) is 0.818. The van der Waals surface area contributed by atoms with E-state index in [0.29, 0.717) is 18.9 Å². The molecule has 0 aliphatic rings. The van der Waals surface area contributed by atoms with Crippen molar-refractivity contribution in [2.45, 2.75) is 33.6 Å². The number of aliphatic hydroxyl groups excluding tert-OH is 1. The summed E-state index contributed by atoms with van der Waals surface area (Å²) in [5.41, 5.74) is 0. The SMILES string of the molecule is CC(C)CCC(=O)NCC(C)CO. The summed E-state index contributed by atoms with van der Waals surface area (Å²) in [6, 6.07) is 0. The van der Waals surface area contributed by atoms with Crippen LogP contribution in [0.2, 0.25) is 0 Å². The maximum absolute atomic E-state index is 11.2. The summed E-state index contributed by atoms with van der Waals surface area (Å²) in [5, 5.41) is 11.5. The van der Waals surface area contributed by atoms with Crippen molar-refractivity contribution >= 4 is 5.91 Å². The Morgan fingerprint density at radius 2 is 2.00 bits per heavy atom. The largest absolute Gasteiger partial charge is 0.396 e. The minimum atomic E-state index is 0.0917. The number of nitrogens with one attached hydrogen (secondary N) is 1. The highest BCUT2D eigenvalue weighted by Crippen LogP contribution is 2.02. The molecule has 0 aromatic carbocycles. The molecule has 0 aliphatic heterocycles. The molecule has 0 spiro atoms. The highest BCUT2D eigenvalue weighted by atomic mass is 16.3. The minimum absolute atomic E-state index is 0.0917. The molecule has 78 valence electrons. The molecular weight excluding hydrogens is 166 g/mol. The Kier molecular flexibility index (Phi) is 6.59. The molecule has 0 saturated heterocycles. The van der Waals surface area contributed by atoms with Crippen molar-refractivity contribution in [2.75, 3.05) is 13.2 Å². The first-order chi connectivity index (χ1) is 6.06. The third-order valence-electron chi connectivity index (χ3n) is 1.91. The second-order valence-corrected chi connectivity index (χ2v) is 4.02. The topological polar surface area (TPSA) is 49.3 Å². The molecule has 2 N–H and O–H groups in total. The fraction of sp³-hybridized carbons (Fsp3) is 0.900. The van der Waals surface area contributed by atoms with Gasteiger partial charge < -0.3 is 10.4 Å². The Bertz CT molecular complexity index is 146. The molecule has 1 amide bonds. The summed E-state index contributed by atoms with van der Waals surface area (Å²) in [6.45, 7) is 6.81. The first-order valence-electron chi connectivity index (χ1n) is 4.93. The normalized spacial score (nSPS) is 13.0. The molecule has 0 radical (unpaired) electrons. The number of amides is 1. The van der Waals surface area contributed by atoms with Crippen molar-refractivity contribution in [1.29, 1.82) is 0 Å². The number of rotatable bonds is 6. The predicted molar refractivity (Wildman–Crippen MR) is 53.3 cm³/mol. The van der Waals surface area contributed by atoms with Gasteiger partial charge in [0.15, 0.2) is 0 Å². The number of carbonyl (C=O) groups excluding carboxylic acids is 1. The van der Waals surface area contributed by atoms with Gasteiger partial charge in [0.25, 0.3) is 0 Å². The molecule has 0 saturated carbocycles. The predicted octanol–water partition coefficient (Wildman–Crippen LogP) is 1.17. The highest BCUT2D eigenvalue weighted by Gasteiger charge is 2.05. The lowest BCUT2D eigenvalue weighted by molar-refractivity contribution is -0.121. The lowest BCUT2D eigenvalue weighted by atomic mass is 10.1. The van der Waals surface area contributed by atoms with E-state index in [0.717, 1.165) is 6.42 Å². The average molecular weight is 187 g/mol. The van der Waals surface area contributed by atoms with Crippen LogP contribution >= 0.6 is 0 Å². The zero-order valence-electron chi connectivity index (χ0n) is 8.84. The number of hydrogen-bond donors (Lipinski definition) is 2. The van der Waals surface area contributed by atoms with Crippen LogP contribution in [-0.4, -0.2) is 24.2 Å². The molecular formula is C10H21NO2. The Labute approximate surface area is 80.5 Å². The maximum atomic E-state index is 11.2. The number of aliphatic hydroxyl groups is 1. The zero-order chi connectivity index (χ0) is 10.3. The second kappa shape index (κ2) is 6.89. The van der Waals surface area contributed by atoms with E-state index in [1.807, 2.05) is 6.92 Å². The van der Waals surface area contributed by atoms with Crippen LogP contribution in [0.1, 0.15) is 33.6 Å². The Morgan fingerprint density at radius 3 is 2.46 bits per heavy atom. The molecule has 0 aromatic heterocycles. The van der Waals surface area contributed by atoms with E-state index >= 15 is 0 Å². The number of carbonyl (C=O) groups is 1. The standard InChI is InChI=1S/C10H21NO2/c1-8(2)4-5-10(13)11-6-9(3)7-12/h8-9,12H,4-7H2,1-3H3,(H,11,13). The average Bonchev–Trinajstić information content (AvgIpc) is 2.10. The van der Waals surface area contributed by atoms with Gasteiger partial charge in [0.1, 0.15) is 0 Å². The van der Waals surface area contributed by atoms with Gasteiger partial charge in [-0.15, -0.1) is 0 Å².